The van der Waals surface area contributed by atoms with E-state index in [9.17, 15) is 19.5 Å². The van der Waals surface area contributed by atoms with Crippen LogP contribution in [-0.2, 0) is 4.74 Å². The van der Waals surface area contributed by atoms with Crippen molar-refractivity contribution in [2.24, 2.45) is 0 Å². The number of anilines is 1. The lowest BCUT2D eigenvalue weighted by Gasteiger charge is -2.17. The van der Waals surface area contributed by atoms with Crippen LogP contribution in [0.2, 0.25) is 0 Å². The summed E-state index contributed by atoms with van der Waals surface area (Å²) in [5.74, 6) is 0. The maximum absolute atomic E-state index is 11.9. The van der Waals surface area contributed by atoms with Gasteiger partial charge < -0.3 is 20.5 Å². The summed E-state index contributed by atoms with van der Waals surface area (Å²) in [6, 6.07) is 2.91. The fourth-order valence-electron chi connectivity index (χ4n) is 2.67. The van der Waals surface area contributed by atoms with Crippen LogP contribution in [0.5, 0.6) is 0 Å². The largest absolute Gasteiger partial charge is 0.390 e. The lowest BCUT2D eigenvalue weighted by Crippen LogP contribution is -2.39. The van der Waals surface area contributed by atoms with Crippen molar-refractivity contribution in [2.45, 2.75) is 31.8 Å². The molecule has 3 rings (SSSR count). The number of aryl methyl sites for hydroxylation is 1. The van der Waals surface area contributed by atoms with Gasteiger partial charge in [0.2, 0.25) is 0 Å². The summed E-state index contributed by atoms with van der Waals surface area (Å²) >= 11 is 0. The Morgan fingerprint density at radius 3 is 3.04 bits per heavy atom. The molecule has 1 aliphatic rings. The summed E-state index contributed by atoms with van der Waals surface area (Å²) in [4.78, 5) is 41.3. The van der Waals surface area contributed by atoms with E-state index in [0.29, 0.717) is 11.3 Å². The van der Waals surface area contributed by atoms with Crippen LogP contribution in [0.15, 0.2) is 40.3 Å². The average molecular weight is 361 g/mol. The molecule has 3 heterocycles. The highest BCUT2D eigenvalue weighted by Crippen LogP contribution is 2.27. The van der Waals surface area contributed by atoms with E-state index in [0.717, 1.165) is 0 Å². The summed E-state index contributed by atoms with van der Waals surface area (Å²) in [7, 11) is 0. The zero-order valence-corrected chi connectivity index (χ0v) is 14.0. The van der Waals surface area contributed by atoms with E-state index in [4.69, 9.17) is 4.74 Å². The van der Waals surface area contributed by atoms with Crippen LogP contribution in [0, 0.1) is 6.92 Å². The molecule has 0 bridgehead atoms. The number of amides is 2. The molecule has 0 unspecified atom stereocenters. The lowest BCUT2D eigenvalue weighted by atomic mass is 10.2. The molecule has 2 aromatic heterocycles. The van der Waals surface area contributed by atoms with E-state index in [1.165, 1.54) is 17.0 Å². The number of rotatable bonds is 4. The Morgan fingerprint density at radius 1 is 1.50 bits per heavy atom. The van der Waals surface area contributed by atoms with Crippen LogP contribution in [0.4, 0.5) is 10.5 Å². The number of H-pyrrole nitrogens is 1. The Hall–Kier alpha value is -2.98. The Kier molecular flexibility index (Phi) is 5.14. The number of hydrogen-bond donors (Lipinski definition) is 4. The Labute approximate surface area is 147 Å². The first-order valence-corrected chi connectivity index (χ1v) is 8.04. The van der Waals surface area contributed by atoms with Gasteiger partial charge in [-0.25, -0.2) is 9.59 Å². The van der Waals surface area contributed by atoms with E-state index in [-0.39, 0.29) is 13.0 Å². The number of carbonyl (C=O) groups excluding carboxylic acids is 1. The first-order chi connectivity index (χ1) is 12.4. The quantitative estimate of drug-likeness (QED) is 0.590. The van der Waals surface area contributed by atoms with Crippen LogP contribution < -0.4 is 21.9 Å². The topological polar surface area (TPSA) is 138 Å². The Balaban J connectivity index is 1.59. The van der Waals surface area contributed by atoms with Crippen LogP contribution in [-0.4, -0.2) is 44.4 Å². The van der Waals surface area contributed by atoms with Gasteiger partial charge in [-0.15, -0.1) is 0 Å². The van der Waals surface area contributed by atoms with E-state index in [1.54, 1.807) is 25.3 Å². The molecule has 3 atom stereocenters. The van der Waals surface area contributed by atoms with Crippen LogP contribution in [0.1, 0.15) is 18.2 Å². The number of aliphatic hydroxyl groups excluding tert-OH is 1. The summed E-state index contributed by atoms with van der Waals surface area (Å²) < 4.78 is 6.90. The third-order valence-corrected chi connectivity index (χ3v) is 4.04. The van der Waals surface area contributed by atoms with E-state index >= 15 is 0 Å². The predicted octanol–water partition coefficient (Wildman–Crippen LogP) is -0.290. The third-order valence-electron chi connectivity index (χ3n) is 4.04. The van der Waals surface area contributed by atoms with Crippen molar-refractivity contribution in [3.05, 3.63) is 57.1 Å². The summed E-state index contributed by atoms with van der Waals surface area (Å²) in [6.45, 7) is 1.63. The molecule has 2 aromatic rings. The zero-order chi connectivity index (χ0) is 18.7. The second kappa shape index (κ2) is 7.50. The molecule has 138 valence electrons. The summed E-state index contributed by atoms with van der Waals surface area (Å²) in [5.41, 5.74) is -0.179. The Morgan fingerprint density at radius 2 is 2.31 bits per heavy atom. The van der Waals surface area contributed by atoms with Crippen LogP contribution >= 0.6 is 0 Å². The van der Waals surface area contributed by atoms with Crippen molar-refractivity contribution >= 4 is 11.7 Å². The van der Waals surface area contributed by atoms with E-state index in [1.807, 2.05) is 0 Å². The molecule has 2 amide bonds. The molecule has 1 aliphatic heterocycles. The molecular formula is C16H19N5O5. The number of urea groups is 1. The molecule has 1 fully saturated rings. The van der Waals surface area contributed by atoms with Gasteiger partial charge in [-0.2, -0.15) is 0 Å². The molecule has 4 N–H and O–H groups in total. The number of hydrogen-bond acceptors (Lipinski definition) is 6. The van der Waals surface area contributed by atoms with Gasteiger partial charge in [0.1, 0.15) is 12.3 Å². The van der Waals surface area contributed by atoms with Crippen LogP contribution in [0.3, 0.4) is 0 Å². The van der Waals surface area contributed by atoms with Gasteiger partial charge in [-0.05, 0) is 19.1 Å². The summed E-state index contributed by atoms with van der Waals surface area (Å²) in [5, 5.41) is 15.3. The molecule has 0 saturated carbocycles. The average Bonchev–Trinajstić information content (AvgIpc) is 2.98. The van der Waals surface area contributed by atoms with Crippen molar-refractivity contribution in [1.29, 1.82) is 0 Å². The zero-order valence-electron chi connectivity index (χ0n) is 14.0. The number of carbonyl (C=O) groups is 1. The fraction of sp³-hybridized carbons (Fsp3) is 0.375. The van der Waals surface area contributed by atoms with E-state index < -0.39 is 35.7 Å². The third kappa shape index (κ3) is 3.98. The normalized spacial score (nSPS) is 22.2. The molecule has 0 spiro atoms. The van der Waals surface area contributed by atoms with Gasteiger partial charge in [0.05, 0.1) is 18.0 Å². The number of aromatic amines is 1. The van der Waals surface area contributed by atoms with Gasteiger partial charge in [0, 0.05) is 30.9 Å². The van der Waals surface area contributed by atoms with Gasteiger partial charge >= 0.3 is 11.7 Å². The lowest BCUT2D eigenvalue weighted by molar-refractivity contribution is -0.0178. The SMILES string of the molecule is Cc1cn([C@H]2C[C@H](O)[C@@H](CNC(=O)Nc3cccnc3)O2)c(=O)[nH]c1=O. The maximum Gasteiger partial charge on any atom is 0.330 e. The number of ether oxygens (including phenoxy) is 1. The highest BCUT2D eigenvalue weighted by molar-refractivity contribution is 5.88. The molecule has 0 aliphatic carbocycles. The minimum Gasteiger partial charge on any atom is -0.390 e. The minimum absolute atomic E-state index is 0.0564. The number of aromatic nitrogens is 3. The molecule has 10 nitrogen and oxygen atoms in total. The van der Waals surface area contributed by atoms with E-state index in [2.05, 4.69) is 20.6 Å². The van der Waals surface area contributed by atoms with Crippen molar-refractivity contribution in [3.63, 3.8) is 0 Å². The standard InChI is InChI=1S/C16H19N5O5/c1-9-8-21(16(25)20-14(9)23)13-5-11(22)12(26-13)7-18-15(24)19-10-3-2-4-17-6-10/h2-4,6,8,11-13,22H,5,7H2,1H3,(H2,18,19,24)(H,20,23,25)/t11-,12+,13+/m0/s1. The number of nitrogens with one attached hydrogen (secondary N) is 3. The molecule has 0 radical (unpaired) electrons. The second-order valence-corrected chi connectivity index (χ2v) is 5.99. The number of nitrogens with zero attached hydrogens (tertiary/aromatic N) is 2. The van der Waals surface area contributed by atoms with Crippen molar-refractivity contribution in [3.8, 4) is 0 Å². The van der Waals surface area contributed by atoms with Crippen LogP contribution in [0.25, 0.3) is 0 Å². The highest BCUT2D eigenvalue weighted by Gasteiger charge is 2.35. The second-order valence-electron chi connectivity index (χ2n) is 5.99. The minimum atomic E-state index is -0.863. The number of aliphatic hydroxyl groups is 1. The predicted molar refractivity (Wildman–Crippen MR) is 91.9 cm³/mol. The molecule has 26 heavy (non-hydrogen) atoms. The molecule has 10 heteroatoms. The smallest absolute Gasteiger partial charge is 0.330 e. The first kappa shape index (κ1) is 17.8. The summed E-state index contributed by atoms with van der Waals surface area (Å²) in [6.07, 6.45) is 2.39. The monoisotopic (exact) mass is 361 g/mol. The fourth-order valence-corrected chi connectivity index (χ4v) is 2.67. The van der Waals surface area contributed by atoms with Gasteiger partial charge in [0.15, 0.2) is 0 Å². The van der Waals surface area contributed by atoms with Gasteiger partial charge in [0.25, 0.3) is 5.56 Å². The molecule has 0 aromatic carbocycles. The van der Waals surface area contributed by atoms with Crippen molar-refractivity contribution in [2.75, 3.05) is 11.9 Å². The van der Waals surface area contributed by atoms with Gasteiger partial charge in [-0.3, -0.25) is 19.3 Å². The van der Waals surface area contributed by atoms with Crippen molar-refractivity contribution < 1.29 is 14.6 Å². The van der Waals surface area contributed by atoms with Crippen molar-refractivity contribution in [1.82, 2.24) is 19.9 Å². The number of pyridine rings is 1. The molecular weight excluding hydrogens is 342 g/mol. The Bertz CT molecular complexity index is 894. The highest BCUT2D eigenvalue weighted by atomic mass is 16.5. The maximum atomic E-state index is 11.9. The van der Waals surface area contributed by atoms with Gasteiger partial charge in [-0.1, -0.05) is 0 Å². The first-order valence-electron chi connectivity index (χ1n) is 8.04. The molecule has 1 saturated heterocycles.